The van der Waals surface area contributed by atoms with Crippen LogP contribution in [-0.2, 0) is 0 Å². The third kappa shape index (κ3) is 2.44. The topological polar surface area (TPSA) is 95.2 Å². The van der Waals surface area contributed by atoms with Crippen molar-refractivity contribution in [1.29, 1.82) is 21.2 Å². The molecule has 0 bridgehead atoms. The lowest BCUT2D eigenvalue weighted by Gasteiger charge is -2.46. The van der Waals surface area contributed by atoms with E-state index in [1.165, 1.54) is 0 Å². The van der Waals surface area contributed by atoms with Crippen molar-refractivity contribution in [2.24, 2.45) is 23.2 Å². The molecule has 0 unspecified atom stereocenters. The number of hydrogen-bond acceptors (Lipinski definition) is 4. The van der Waals surface area contributed by atoms with Crippen LogP contribution in [0.1, 0.15) is 31.2 Å². The number of nitrogens with one attached hydrogen (secondary N) is 1. The Hall–Kier alpha value is -2.61. The molecule has 0 saturated heterocycles. The molecule has 25 heavy (non-hydrogen) atoms. The first-order valence-corrected chi connectivity index (χ1v) is 8.64. The smallest absolute Gasteiger partial charge is 0.203 e. The minimum atomic E-state index is -1.64. The van der Waals surface area contributed by atoms with Crippen LogP contribution < -0.4 is 0 Å². The number of hydrogen-bond donors (Lipinski definition) is 1. The Bertz CT molecular complexity index is 866. The average Bonchev–Trinajstić information content (AvgIpc) is 2.62. The van der Waals surface area contributed by atoms with Gasteiger partial charge in [0.1, 0.15) is 0 Å². The zero-order chi connectivity index (χ0) is 18.2. The Balaban J connectivity index is 2.26. The third-order valence-electron chi connectivity index (χ3n) is 5.48. The summed E-state index contributed by atoms with van der Waals surface area (Å²) in [6.45, 7) is 2.12. The second kappa shape index (κ2) is 6.36. The van der Waals surface area contributed by atoms with Gasteiger partial charge in [-0.25, -0.2) is 0 Å². The molecule has 4 nitrogen and oxygen atoms in total. The first-order chi connectivity index (χ1) is 12.0. The predicted molar refractivity (Wildman–Crippen MR) is 94.7 cm³/mol. The van der Waals surface area contributed by atoms with E-state index >= 15 is 0 Å². The fraction of sp³-hybridized carbons (Fsp3) is 0.400. The Morgan fingerprint density at radius 3 is 2.48 bits per heavy atom. The average molecular weight is 349 g/mol. The van der Waals surface area contributed by atoms with Crippen molar-refractivity contribution in [1.82, 2.24) is 0 Å². The molecule has 3 rings (SSSR count). The molecule has 0 aromatic heterocycles. The molecular formula is C20H17ClN4. The van der Waals surface area contributed by atoms with Crippen molar-refractivity contribution < 1.29 is 0 Å². The van der Waals surface area contributed by atoms with Gasteiger partial charge in [-0.15, -0.1) is 0 Å². The Morgan fingerprint density at radius 1 is 1.20 bits per heavy atom. The molecular weight excluding hydrogens is 332 g/mol. The van der Waals surface area contributed by atoms with Crippen molar-refractivity contribution in [2.75, 3.05) is 0 Å². The standard InChI is InChI=1S/C20H17ClN4/c1-12-6-7-16-14(8-12)18(13-4-2-3-5-17(13)21)15(9-22)19(25)20(16,10-23)11-24/h2-5,7,12,14-15,18,25H,6,8H2,1H3/t12-,14+,15+,18+/m1/s1. The quantitative estimate of drug-likeness (QED) is 0.751. The van der Waals surface area contributed by atoms with Gasteiger partial charge in [0.15, 0.2) is 0 Å². The predicted octanol–water partition coefficient (Wildman–Crippen LogP) is 4.60. The fourth-order valence-corrected chi connectivity index (χ4v) is 4.53. The molecule has 1 aromatic carbocycles. The van der Waals surface area contributed by atoms with Gasteiger partial charge in [0.2, 0.25) is 5.41 Å². The van der Waals surface area contributed by atoms with Crippen LogP contribution in [0.25, 0.3) is 0 Å². The molecule has 4 atom stereocenters. The van der Waals surface area contributed by atoms with Gasteiger partial charge in [0, 0.05) is 10.9 Å². The second-order valence-corrected chi connectivity index (χ2v) is 7.29. The SMILES string of the molecule is C[C@@H]1CC=C2[C@H](C1)[C@H](c1ccccc1Cl)[C@H](C#N)C(=N)C2(C#N)C#N. The van der Waals surface area contributed by atoms with E-state index in [9.17, 15) is 15.8 Å². The number of rotatable bonds is 1. The summed E-state index contributed by atoms with van der Waals surface area (Å²) in [6.07, 6.45) is 3.49. The monoisotopic (exact) mass is 348 g/mol. The van der Waals surface area contributed by atoms with Crippen molar-refractivity contribution in [3.63, 3.8) is 0 Å². The van der Waals surface area contributed by atoms with E-state index in [1.807, 2.05) is 36.4 Å². The summed E-state index contributed by atoms with van der Waals surface area (Å²) < 4.78 is 0. The molecule has 124 valence electrons. The van der Waals surface area contributed by atoms with E-state index < -0.39 is 11.3 Å². The number of benzene rings is 1. The highest BCUT2D eigenvalue weighted by Crippen LogP contribution is 2.55. The van der Waals surface area contributed by atoms with E-state index in [0.29, 0.717) is 16.5 Å². The van der Waals surface area contributed by atoms with Crippen molar-refractivity contribution in [2.45, 2.75) is 25.7 Å². The van der Waals surface area contributed by atoms with Crippen molar-refractivity contribution >= 4 is 17.3 Å². The first kappa shape index (κ1) is 17.2. The number of allylic oxidation sites excluding steroid dienone is 2. The number of fused-ring (bicyclic) bond motifs is 1. The van der Waals surface area contributed by atoms with Crippen LogP contribution in [0.2, 0.25) is 5.02 Å². The Kier molecular flexibility index (Phi) is 4.38. The molecule has 0 heterocycles. The van der Waals surface area contributed by atoms with Gasteiger partial charge in [0.25, 0.3) is 0 Å². The van der Waals surface area contributed by atoms with Gasteiger partial charge in [-0.2, -0.15) is 15.8 Å². The summed E-state index contributed by atoms with van der Waals surface area (Å²) in [6, 6.07) is 13.6. The summed E-state index contributed by atoms with van der Waals surface area (Å²) in [7, 11) is 0. The molecule has 0 spiro atoms. The minimum Gasteiger partial charge on any atom is -0.305 e. The Morgan fingerprint density at radius 2 is 1.88 bits per heavy atom. The maximum Gasteiger partial charge on any atom is 0.203 e. The summed E-state index contributed by atoms with van der Waals surface area (Å²) in [5.74, 6) is -0.899. The van der Waals surface area contributed by atoms with Crippen molar-refractivity contribution in [3.8, 4) is 18.2 Å². The van der Waals surface area contributed by atoms with Gasteiger partial charge < -0.3 is 5.41 Å². The zero-order valence-electron chi connectivity index (χ0n) is 13.8. The van der Waals surface area contributed by atoms with Gasteiger partial charge in [0.05, 0.1) is 29.8 Å². The van der Waals surface area contributed by atoms with E-state index in [-0.39, 0.29) is 17.5 Å². The number of halogens is 1. The highest BCUT2D eigenvalue weighted by Gasteiger charge is 2.56. The maximum atomic E-state index is 9.79. The van der Waals surface area contributed by atoms with E-state index in [2.05, 4.69) is 13.0 Å². The molecule has 0 amide bonds. The molecule has 2 aliphatic carbocycles. The first-order valence-electron chi connectivity index (χ1n) is 8.26. The van der Waals surface area contributed by atoms with Crippen LogP contribution in [0.4, 0.5) is 0 Å². The van der Waals surface area contributed by atoms with Gasteiger partial charge in [-0.1, -0.05) is 42.8 Å². The lowest BCUT2D eigenvalue weighted by Crippen LogP contribution is -2.48. The summed E-state index contributed by atoms with van der Waals surface area (Å²) in [4.78, 5) is 0. The summed E-state index contributed by atoms with van der Waals surface area (Å²) in [5.41, 5.74) is -0.267. The minimum absolute atomic E-state index is 0.123. The molecule has 5 heteroatoms. The second-order valence-electron chi connectivity index (χ2n) is 6.88. The molecule has 1 saturated carbocycles. The normalized spacial score (nSPS) is 30.2. The van der Waals surface area contributed by atoms with Crippen LogP contribution in [0, 0.1) is 62.6 Å². The molecule has 1 fully saturated rings. The fourth-order valence-electron chi connectivity index (χ4n) is 4.27. The van der Waals surface area contributed by atoms with Crippen LogP contribution in [-0.4, -0.2) is 5.71 Å². The molecule has 2 aliphatic rings. The van der Waals surface area contributed by atoms with E-state index in [4.69, 9.17) is 17.0 Å². The maximum absolute atomic E-state index is 9.79. The van der Waals surface area contributed by atoms with Crippen molar-refractivity contribution in [3.05, 3.63) is 46.5 Å². The largest absolute Gasteiger partial charge is 0.305 e. The molecule has 1 aromatic rings. The van der Waals surface area contributed by atoms with Crippen LogP contribution in [0.3, 0.4) is 0 Å². The summed E-state index contributed by atoms with van der Waals surface area (Å²) >= 11 is 6.40. The third-order valence-corrected chi connectivity index (χ3v) is 5.82. The number of nitrogens with zero attached hydrogens (tertiary/aromatic N) is 3. The molecule has 0 radical (unpaired) electrons. The van der Waals surface area contributed by atoms with Crippen LogP contribution >= 0.6 is 11.6 Å². The Labute approximate surface area is 152 Å². The lowest BCUT2D eigenvalue weighted by molar-refractivity contribution is 0.299. The van der Waals surface area contributed by atoms with Crippen LogP contribution in [0.15, 0.2) is 35.9 Å². The van der Waals surface area contributed by atoms with Crippen LogP contribution in [0.5, 0.6) is 0 Å². The van der Waals surface area contributed by atoms with E-state index in [0.717, 1.165) is 18.4 Å². The molecule has 1 N–H and O–H groups in total. The molecule has 0 aliphatic heterocycles. The highest BCUT2D eigenvalue weighted by molar-refractivity contribution is 6.31. The lowest BCUT2D eigenvalue weighted by atomic mass is 9.53. The highest BCUT2D eigenvalue weighted by atomic mass is 35.5. The van der Waals surface area contributed by atoms with Gasteiger partial charge in [-0.3, -0.25) is 0 Å². The zero-order valence-corrected chi connectivity index (χ0v) is 14.6. The van der Waals surface area contributed by atoms with E-state index in [1.54, 1.807) is 6.07 Å². The number of nitriles is 3. The van der Waals surface area contributed by atoms with Gasteiger partial charge >= 0.3 is 0 Å². The van der Waals surface area contributed by atoms with Gasteiger partial charge in [-0.05, 0) is 41.9 Å². The summed E-state index contributed by atoms with van der Waals surface area (Å²) in [5, 5.41) is 38.4.